The van der Waals surface area contributed by atoms with Crippen molar-refractivity contribution in [1.82, 2.24) is 9.55 Å². The Bertz CT molecular complexity index is 2950. The molecule has 3 aliphatic rings. The van der Waals surface area contributed by atoms with Gasteiger partial charge < -0.3 is 4.90 Å². The highest BCUT2D eigenvalue weighted by Crippen LogP contribution is 2.55. The molecule has 5 heteroatoms. The van der Waals surface area contributed by atoms with Gasteiger partial charge in [-0.2, -0.15) is 0 Å². The van der Waals surface area contributed by atoms with Crippen molar-refractivity contribution in [3.05, 3.63) is 185 Å². The molecule has 0 fully saturated rings. The number of fused-ring (bicyclic) bond motifs is 8. The van der Waals surface area contributed by atoms with Gasteiger partial charge in [0.2, 0.25) is 0 Å². The molecule has 4 heterocycles. The van der Waals surface area contributed by atoms with Gasteiger partial charge in [-0.15, -0.1) is 0 Å². The lowest BCUT2D eigenvalue weighted by molar-refractivity contribution is 0.588. The molecule has 0 N–H and O–H groups in total. The summed E-state index contributed by atoms with van der Waals surface area (Å²) in [6, 6.07) is 54.2. The molecule has 57 heavy (non-hydrogen) atoms. The average Bonchev–Trinajstić information content (AvgIpc) is 3.90. The first-order chi connectivity index (χ1) is 27.6. The molecular formula is C52H44N4S. The van der Waals surface area contributed by atoms with Crippen LogP contribution in [0.2, 0.25) is 0 Å². The van der Waals surface area contributed by atoms with E-state index in [-0.39, 0.29) is 16.9 Å². The molecule has 8 aromatic rings. The van der Waals surface area contributed by atoms with Crippen LogP contribution in [0.1, 0.15) is 73.2 Å². The predicted octanol–water partition coefficient (Wildman–Crippen LogP) is 13.4. The molecule has 2 aromatic heterocycles. The minimum absolute atomic E-state index is 0.00837. The maximum absolute atomic E-state index is 5.45. The van der Waals surface area contributed by atoms with Crippen molar-refractivity contribution in [3.63, 3.8) is 0 Å². The molecule has 0 spiro atoms. The van der Waals surface area contributed by atoms with Gasteiger partial charge in [-0.25, -0.2) is 4.98 Å². The normalized spacial score (nSPS) is 18.0. The second-order valence-electron chi connectivity index (χ2n) is 17.4. The Labute approximate surface area is 338 Å². The van der Waals surface area contributed by atoms with Crippen molar-refractivity contribution in [2.45, 2.75) is 63.2 Å². The summed E-state index contributed by atoms with van der Waals surface area (Å²) in [7, 11) is 0. The highest BCUT2D eigenvalue weighted by molar-refractivity contribution is 8.15. The maximum atomic E-state index is 5.45. The molecule has 0 saturated heterocycles. The maximum Gasteiger partial charge on any atom is 0.137 e. The minimum atomic E-state index is -0.250. The van der Waals surface area contributed by atoms with Crippen LogP contribution >= 0.6 is 11.8 Å². The molecule has 0 saturated carbocycles. The molecule has 11 rings (SSSR count). The first kappa shape index (κ1) is 34.3. The number of pyridine rings is 1. The van der Waals surface area contributed by atoms with Gasteiger partial charge in [0.05, 0.1) is 38.7 Å². The van der Waals surface area contributed by atoms with Crippen LogP contribution in [0.3, 0.4) is 0 Å². The van der Waals surface area contributed by atoms with E-state index in [4.69, 9.17) is 9.98 Å². The van der Waals surface area contributed by atoms with Gasteiger partial charge in [-0.3, -0.25) is 9.56 Å². The lowest BCUT2D eigenvalue weighted by Crippen LogP contribution is -2.30. The van der Waals surface area contributed by atoms with E-state index in [2.05, 4.69) is 190 Å². The number of hydrogen-bond acceptors (Lipinski definition) is 4. The van der Waals surface area contributed by atoms with Crippen LogP contribution in [0.25, 0.3) is 38.8 Å². The zero-order chi connectivity index (χ0) is 38.6. The van der Waals surface area contributed by atoms with Gasteiger partial charge in [0.25, 0.3) is 0 Å². The van der Waals surface area contributed by atoms with Crippen molar-refractivity contribution in [2.24, 2.45) is 4.99 Å². The molecule has 2 aliphatic heterocycles. The van der Waals surface area contributed by atoms with Crippen molar-refractivity contribution in [2.75, 3.05) is 4.90 Å². The van der Waals surface area contributed by atoms with Gasteiger partial charge in [-0.05, 0) is 105 Å². The third-order valence-electron chi connectivity index (χ3n) is 12.6. The van der Waals surface area contributed by atoms with E-state index < -0.39 is 0 Å². The van der Waals surface area contributed by atoms with E-state index in [9.17, 15) is 0 Å². The van der Waals surface area contributed by atoms with Gasteiger partial charge in [0, 0.05) is 33.6 Å². The molecule has 2 atom stereocenters. The third-order valence-corrected chi connectivity index (χ3v) is 13.9. The number of para-hydroxylation sites is 2. The fraction of sp³-hybridized carbons (Fsp3) is 0.192. The number of benzene rings is 6. The molecule has 1 aliphatic carbocycles. The zero-order valence-corrected chi connectivity index (χ0v) is 33.8. The van der Waals surface area contributed by atoms with E-state index in [0.29, 0.717) is 5.25 Å². The number of aliphatic imine (C=N–C) groups is 1. The molecule has 6 aromatic carbocycles. The van der Waals surface area contributed by atoms with Gasteiger partial charge in [0.1, 0.15) is 5.82 Å². The second kappa shape index (κ2) is 12.5. The van der Waals surface area contributed by atoms with Crippen LogP contribution in [0, 0.1) is 0 Å². The summed E-state index contributed by atoms with van der Waals surface area (Å²) in [6.45, 7) is 11.6. The van der Waals surface area contributed by atoms with Crippen molar-refractivity contribution in [1.29, 1.82) is 0 Å². The minimum Gasteiger partial charge on any atom is -0.310 e. The number of thioether (sulfide) groups is 1. The fourth-order valence-electron chi connectivity index (χ4n) is 9.59. The SMILES string of the molecule is CC(C)(C)c1ccnc(-n2c3ccccc3c3cc4c(cc32)N(c2cc(C3=N[C@@H]5Cc6ccccc6[C@@H]5S3)cc(-c3ccccc3)c2)c2ccccc2C4(C)C)c1. The Morgan fingerprint density at radius 1 is 0.649 bits per heavy atom. The summed E-state index contributed by atoms with van der Waals surface area (Å²) in [5, 5.41) is 3.96. The summed E-state index contributed by atoms with van der Waals surface area (Å²) in [6.07, 6.45) is 2.97. The lowest BCUT2D eigenvalue weighted by Gasteiger charge is -2.42. The Kier molecular flexibility index (Phi) is 7.56. The number of rotatable bonds is 4. The van der Waals surface area contributed by atoms with Gasteiger partial charge >= 0.3 is 0 Å². The smallest absolute Gasteiger partial charge is 0.137 e. The van der Waals surface area contributed by atoms with E-state index in [1.807, 2.05) is 18.0 Å². The van der Waals surface area contributed by atoms with E-state index >= 15 is 0 Å². The molecule has 0 radical (unpaired) electrons. The molecule has 0 unspecified atom stereocenters. The van der Waals surface area contributed by atoms with Crippen LogP contribution in [0.5, 0.6) is 0 Å². The first-order valence-corrected chi connectivity index (χ1v) is 21.0. The Hall–Kier alpha value is -5.91. The molecule has 0 amide bonds. The van der Waals surface area contributed by atoms with E-state index in [1.54, 1.807) is 0 Å². The van der Waals surface area contributed by atoms with Crippen LogP contribution in [0.4, 0.5) is 17.1 Å². The highest BCUT2D eigenvalue weighted by atomic mass is 32.2. The van der Waals surface area contributed by atoms with Crippen LogP contribution in [-0.2, 0) is 17.3 Å². The topological polar surface area (TPSA) is 33.4 Å². The monoisotopic (exact) mass is 756 g/mol. The van der Waals surface area contributed by atoms with Crippen LogP contribution in [0.15, 0.2) is 157 Å². The third kappa shape index (κ3) is 5.35. The summed E-state index contributed by atoms with van der Waals surface area (Å²) < 4.78 is 2.37. The summed E-state index contributed by atoms with van der Waals surface area (Å²) >= 11 is 1.94. The number of nitrogens with zero attached hydrogens (tertiary/aromatic N) is 4. The second-order valence-corrected chi connectivity index (χ2v) is 18.6. The number of hydrogen-bond donors (Lipinski definition) is 0. The standard InChI is InChI=1S/C52H44N4S/c1-51(2,3)36-23-24-53-48(29-36)56-44-21-13-11-19-39(44)40-30-42-47(31-46(40)56)55(45-22-14-12-20-41(45)52(42,4)5)37-26-34(32-15-7-6-8-16-32)25-35(27-37)50-54-43-28-33-17-9-10-18-38(33)49(43)57-50/h6-27,29-31,43,49H,28H2,1-5H3/t43-,49+/m1/s1. The van der Waals surface area contributed by atoms with Crippen molar-refractivity contribution >= 4 is 55.7 Å². The van der Waals surface area contributed by atoms with Crippen molar-refractivity contribution < 1.29 is 0 Å². The van der Waals surface area contributed by atoms with Gasteiger partial charge in [-0.1, -0.05) is 137 Å². The Morgan fingerprint density at radius 2 is 1.40 bits per heavy atom. The fourth-order valence-corrected chi connectivity index (χ4v) is 11.0. The summed E-state index contributed by atoms with van der Waals surface area (Å²) in [5.74, 6) is 0.937. The van der Waals surface area contributed by atoms with Gasteiger partial charge in [0.15, 0.2) is 0 Å². The molecule has 4 nitrogen and oxygen atoms in total. The van der Waals surface area contributed by atoms with E-state index in [0.717, 1.165) is 34.0 Å². The highest BCUT2D eigenvalue weighted by Gasteiger charge is 2.40. The summed E-state index contributed by atoms with van der Waals surface area (Å²) in [5.41, 5.74) is 15.9. The van der Waals surface area contributed by atoms with Crippen molar-refractivity contribution in [3.8, 4) is 16.9 Å². The first-order valence-electron chi connectivity index (χ1n) is 20.1. The quantitative estimate of drug-likeness (QED) is 0.179. The zero-order valence-electron chi connectivity index (χ0n) is 33.0. The molecule has 0 bridgehead atoms. The average molecular weight is 757 g/mol. The lowest BCUT2D eigenvalue weighted by atomic mass is 9.73. The largest absolute Gasteiger partial charge is 0.310 e. The number of aromatic nitrogens is 2. The molecular weight excluding hydrogens is 713 g/mol. The predicted molar refractivity (Wildman–Crippen MR) is 240 cm³/mol. The number of anilines is 3. The molecule has 278 valence electrons. The summed E-state index contributed by atoms with van der Waals surface area (Å²) in [4.78, 5) is 13.0. The van der Waals surface area contributed by atoms with E-state index in [1.165, 1.54) is 66.7 Å². The Morgan fingerprint density at radius 3 is 2.26 bits per heavy atom. The van der Waals surface area contributed by atoms with Crippen LogP contribution in [-0.4, -0.2) is 20.6 Å². The Balaban J connectivity index is 1.16. The van der Waals surface area contributed by atoms with Crippen LogP contribution < -0.4 is 4.90 Å².